The van der Waals surface area contributed by atoms with Crippen LogP contribution in [0, 0.1) is 22.7 Å². The van der Waals surface area contributed by atoms with E-state index in [1.807, 2.05) is 0 Å². The van der Waals surface area contributed by atoms with Crippen LogP contribution >= 0.6 is 0 Å². The normalized spacial score (nSPS) is 24.4. The maximum absolute atomic E-state index is 2.66. The molecule has 0 radical (unpaired) electrons. The Hall–Kier alpha value is -0.823. The molecule has 0 aromatic heterocycles. The molecule has 0 nitrogen and oxygen atoms in total. The molecule has 2 atom stereocenters. The number of hydrogen-bond donors (Lipinski definition) is 0. The Labute approximate surface area is 170 Å². The van der Waals surface area contributed by atoms with Gasteiger partial charge in [0.2, 0.25) is 0 Å². The van der Waals surface area contributed by atoms with Gasteiger partial charge in [-0.3, -0.25) is 0 Å². The number of allylic oxidation sites excluding steroid dienone is 8. The summed E-state index contributed by atoms with van der Waals surface area (Å²) in [5.74, 6) is 1.24. The average molecular weight is 385 g/mol. The van der Waals surface area contributed by atoms with Gasteiger partial charge in [-0.25, -0.2) is 0 Å². The van der Waals surface area contributed by atoms with Gasteiger partial charge in [0.25, 0.3) is 0 Å². The molecule has 2 unspecified atom stereocenters. The van der Waals surface area contributed by atoms with Crippen LogP contribution in [-0.2, 0) is 0 Å². The van der Waals surface area contributed by atoms with Crippen molar-refractivity contribution in [2.45, 2.75) is 93.4 Å². The van der Waals surface area contributed by atoms with Crippen LogP contribution in [0.3, 0.4) is 0 Å². The number of rotatable bonds is 4. The lowest BCUT2D eigenvalue weighted by molar-refractivity contribution is 0.517. The average Bonchev–Trinajstić information content (AvgIpc) is 3.11. The van der Waals surface area contributed by atoms with Crippen LogP contribution in [0.2, 0.25) is 24.2 Å². The lowest BCUT2D eigenvalue weighted by Gasteiger charge is -2.39. The molecule has 0 saturated carbocycles. The third-order valence-electron chi connectivity index (χ3n) is 6.72. The summed E-state index contributed by atoms with van der Waals surface area (Å²) in [6, 6.07) is 0. The van der Waals surface area contributed by atoms with Crippen LogP contribution in [0.25, 0.3) is 0 Å². The Bertz CT molecular complexity index is 633. The fourth-order valence-corrected chi connectivity index (χ4v) is 8.81. The van der Waals surface area contributed by atoms with Crippen LogP contribution in [0.4, 0.5) is 0 Å². The Balaban J connectivity index is 2.53. The second-order valence-corrected chi connectivity index (χ2v) is 17.0. The molecule has 2 aliphatic carbocycles. The molecule has 27 heavy (non-hydrogen) atoms. The molecule has 152 valence electrons. The van der Waals surface area contributed by atoms with Crippen LogP contribution < -0.4 is 0 Å². The van der Waals surface area contributed by atoms with Crippen LogP contribution in [0.5, 0.6) is 0 Å². The van der Waals surface area contributed by atoms with Gasteiger partial charge >= 0.3 is 0 Å². The van der Waals surface area contributed by atoms with Crippen LogP contribution in [0.1, 0.15) is 69.2 Å². The third kappa shape index (κ3) is 4.44. The molecule has 2 rings (SSSR count). The molecule has 0 fully saturated rings. The molecule has 0 bridgehead atoms. The van der Waals surface area contributed by atoms with Crippen molar-refractivity contribution in [1.29, 1.82) is 0 Å². The number of hydrogen-bond acceptors (Lipinski definition) is 0. The smallest absolute Gasteiger partial charge is 0.0706 e. The standard InChI is InChI=1S/C26H44Si/c1-17(2)21-13-19(25(5,6)7)15-23(21)27(11,12)24-16-20(26(8,9)10)14-22(24)18(3)4/h13-18,23-24H,1-12H3. The van der Waals surface area contributed by atoms with Crippen molar-refractivity contribution in [1.82, 2.24) is 0 Å². The summed E-state index contributed by atoms with van der Waals surface area (Å²) in [6.45, 7) is 29.0. The van der Waals surface area contributed by atoms with Gasteiger partial charge in [-0.1, -0.05) is 118 Å². The highest BCUT2D eigenvalue weighted by Gasteiger charge is 2.46. The monoisotopic (exact) mass is 384 g/mol. The topological polar surface area (TPSA) is 0 Å². The summed E-state index contributed by atoms with van der Waals surface area (Å²) in [4.78, 5) is 0. The fourth-order valence-electron chi connectivity index (χ4n) is 4.65. The molecular weight excluding hydrogens is 340 g/mol. The van der Waals surface area contributed by atoms with Crippen molar-refractivity contribution in [3.05, 3.63) is 46.6 Å². The minimum atomic E-state index is -1.62. The molecule has 1 heteroatoms. The molecule has 0 aromatic carbocycles. The van der Waals surface area contributed by atoms with E-state index < -0.39 is 8.07 Å². The Morgan fingerprint density at radius 1 is 0.667 bits per heavy atom. The van der Waals surface area contributed by atoms with Gasteiger partial charge in [0.15, 0.2) is 0 Å². The maximum Gasteiger partial charge on any atom is 0.0706 e. The fraction of sp³-hybridized carbons (Fsp3) is 0.692. The van der Waals surface area contributed by atoms with E-state index in [0.29, 0.717) is 22.9 Å². The molecule has 0 N–H and O–H groups in total. The van der Waals surface area contributed by atoms with E-state index in [1.165, 1.54) is 0 Å². The SMILES string of the molecule is CC(C)C1=CC(C(C)(C)C)=CC1[Si](C)(C)C1C=C(C(C)(C)C)C=C1C(C)C. The van der Waals surface area contributed by atoms with Crippen molar-refractivity contribution in [2.75, 3.05) is 0 Å². The summed E-state index contributed by atoms with van der Waals surface area (Å²) in [7, 11) is -1.62. The van der Waals surface area contributed by atoms with Gasteiger partial charge < -0.3 is 0 Å². The Kier molecular flexibility index (Phi) is 6.00. The van der Waals surface area contributed by atoms with Crippen molar-refractivity contribution in [3.63, 3.8) is 0 Å². The highest BCUT2D eigenvalue weighted by Crippen LogP contribution is 2.54. The largest absolute Gasteiger partial charge is 0.0763 e. The first-order valence-corrected chi connectivity index (χ1v) is 14.1. The Morgan fingerprint density at radius 3 is 1.19 bits per heavy atom. The summed E-state index contributed by atoms with van der Waals surface area (Å²) in [6.07, 6.45) is 10.4. The van der Waals surface area contributed by atoms with Gasteiger partial charge in [0.05, 0.1) is 8.07 Å². The van der Waals surface area contributed by atoms with Crippen molar-refractivity contribution >= 4 is 8.07 Å². The van der Waals surface area contributed by atoms with Crippen LogP contribution in [0.15, 0.2) is 46.6 Å². The Morgan fingerprint density at radius 2 is 0.963 bits per heavy atom. The predicted molar refractivity (Wildman–Crippen MR) is 126 cm³/mol. The van der Waals surface area contributed by atoms with Crippen molar-refractivity contribution < 1.29 is 0 Å². The van der Waals surface area contributed by atoms with Crippen LogP contribution in [-0.4, -0.2) is 8.07 Å². The van der Waals surface area contributed by atoms with Crippen molar-refractivity contribution in [3.8, 4) is 0 Å². The van der Waals surface area contributed by atoms with E-state index in [-0.39, 0.29) is 10.8 Å². The summed E-state index contributed by atoms with van der Waals surface area (Å²) < 4.78 is 0. The van der Waals surface area contributed by atoms with Gasteiger partial charge in [-0.15, -0.1) is 0 Å². The quantitative estimate of drug-likeness (QED) is 0.426. The van der Waals surface area contributed by atoms with Gasteiger partial charge in [0, 0.05) is 0 Å². The molecule has 0 amide bonds. The minimum absolute atomic E-state index is 0.234. The second-order valence-electron chi connectivity index (χ2n) is 12.1. The first-order valence-electron chi connectivity index (χ1n) is 10.9. The van der Waals surface area contributed by atoms with E-state index in [9.17, 15) is 0 Å². The molecule has 0 aromatic rings. The molecule has 0 saturated heterocycles. The van der Waals surface area contributed by atoms with E-state index in [2.05, 4.69) is 107 Å². The van der Waals surface area contributed by atoms with Crippen molar-refractivity contribution in [2.24, 2.45) is 22.7 Å². The molecule has 0 heterocycles. The molecular formula is C26H44Si. The third-order valence-corrected chi connectivity index (χ3v) is 10.9. The lowest BCUT2D eigenvalue weighted by Crippen LogP contribution is -2.39. The summed E-state index contributed by atoms with van der Waals surface area (Å²) in [5, 5.41) is 0. The van der Waals surface area contributed by atoms with E-state index in [0.717, 1.165) is 0 Å². The summed E-state index contributed by atoms with van der Waals surface area (Å²) >= 11 is 0. The molecule has 0 spiro atoms. The highest BCUT2D eigenvalue weighted by atomic mass is 28.3. The zero-order chi connectivity index (χ0) is 20.9. The molecule has 2 aliphatic rings. The predicted octanol–water partition coefficient (Wildman–Crippen LogP) is 8.57. The van der Waals surface area contributed by atoms with Gasteiger partial charge in [-0.05, 0) is 44.9 Å². The maximum atomic E-state index is 2.66. The molecule has 0 aliphatic heterocycles. The lowest BCUT2D eigenvalue weighted by atomic mass is 9.87. The first-order chi connectivity index (χ1) is 12.1. The zero-order valence-corrected chi connectivity index (χ0v) is 21.1. The van der Waals surface area contributed by atoms with E-state index >= 15 is 0 Å². The summed E-state index contributed by atoms with van der Waals surface area (Å²) in [5.41, 5.74) is 8.21. The minimum Gasteiger partial charge on any atom is -0.0763 e. The van der Waals surface area contributed by atoms with Gasteiger partial charge in [0.1, 0.15) is 0 Å². The van der Waals surface area contributed by atoms with E-state index in [1.54, 1.807) is 22.3 Å². The van der Waals surface area contributed by atoms with Gasteiger partial charge in [-0.2, -0.15) is 0 Å². The van der Waals surface area contributed by atoms with E-state index in [4.69, 9.17) is 0 Å². The zero-order valence-electron chi connectivity index (χ0n) is 20.1. The first kappa shape index (κ1) is 22.5. The highest BCUT2D eigenvalue weighted by molar-refractivity contribution is 6.82. The second kappa shape index (κ2) is 7.21.